The lowest BCUT2D eigenvalue weighted by atomic mass is 9.84. The van der Waals surface area contributed by atoms with Crippen LogP contribution in [0, 0.1) is 5.41 Å². The van der Waals surface area contributed by atoms with Gasteiger partial charge in [0.25, 0.3) is 0 Å². The van der Waals surface area contributed by atoms with Crippen molar-refractivity contribution < 1.29 is 14.7 Å². The molecule has 1 atom stereocenters. The predicted molar refractivity (Wildman–Crippen MR) is 63.4 cm³/mol. The highest BCUT2D eigenvalue weighted by atomic mass is 16.4. The Hall–Kier alpha value is -0.900. The van der Waals surface area contributed by atoms with Crippen LogP contribution >= 0.6 is 0 Å². The quantitative estimate of drug-likeness (QED) is 0.729. The Morgan fingerprint density at radius 3 is 2.06 bits per heavy atom. The maximum Gasteiger partial charge on any atom is 0.303 e. The Morgan fingerprint density at radius 2 is 1.75 bits per heavy atom. The molecule has 2 N–H and O–H groups in total. The molecule has 0 rings (SSSR count). The van der Waals surface area contributed by atoms with E-state index in [0.717, 1.165) is 0 Å². The normalized spacial score (nSPS) is 13.9. The van der Waals surface area contributed by atoms with Crippen LogP contribution in [0.2, 0.25) is 0 Å². The fourth-order valence-corrected chi connectivity index (χ4v) is 1.48. The van der Waals surface area contributed by atoms with Crippen molar-refractivity contribution in [3.63, 3.8) is 0 Å². The van der Waals surface area contributed by atoms with Crippen LogP contribution in [0.3, 0.4) is 0 Å². The molecular formula is C12H23NO3. The molecular weight excluding hydrogens is 206 g/mol. The van der Waals surface area contributed by atoms with Gasteiger partial charge < -0.3 is 10.4 Å². The number of carboxylic acid groups (broad SMARTS) is 1. The maximum atomic E-state index is 12.1. The van der Waals surface area contributed by atoms with E-state index in [2.05, 4.69) is 5.32 Å². The summed E-state index contributed by atoms with van der Waals surface area (Å²) >= 11 is 0. The summed E-state index contributed by atoms with van der Waals surface area (Å²) in [5.41, 5.74) is -0.439. The number of carboxylic acids is 1. The van der Waals surface area contributed by atoms with Crippen molar-refractivity contribution in [2.24, 2.45) is 5.41 Å². The summed E-state index contributed by atoms with van der Waals surface area (Å²) in [6, 6.07) is -0.193. The van der Waals surface area contributed by atoms with Gasteiger partial charge in [0.15, 0.2) is 5.78 Å². The van der Waals surface area contributed by atoms with Gasteiger partial charge in [0, 0.05) is 17.9 Å². The van der Waals surface area contributed by atoms with Crippen LogP contribution in [0.25, 0.3) is 0 Å². The minimum atomic E-state index is -0.864. The lowest BCUT2D eigenvalue weighted by Crippen LogP contribution is -2.45. The molecule has 0 aromatic rings. The summed E-state index contributed by atoms with van der Waals surface area (Å²) in [6.07, 6.45) is 0.371. The van der Waals surface area contributed by atoms with Crippen LogP contribution in [0.1, 0.15) is 47.5 Å². The molecule has 16 heavy (non-hydrogen) atoms. The van der Waals surface area contributed by atoms with Gasteiger partial charge in [-0.2, -0.15) is 0 Å². The molecule has 0 unspecified atom stereocenters. The van der Waals surface area contributed by atoms with Crippen molar-refractivity contribution in [2.75, 3.05) is 0 Å². The van der Waals surface area contributed by atoms with Gasteiger partial charge in [-0.25, -0.2) is 0 Å². The van der Waals surface area contributed by atoms with Crippen LogP contribution < -0.4 is 5.32 Å². The molecule has 0 aromatic heterocycles. The number of carbonyl (C=O) groups excluding carboxylic acids is 1. The molecule has 0 aliphatic rings. The molecule has 0 aliphatic carbocycles. The Bertz CT molecular complexity index is 253. The summed E-state index contributed by atoms with van der Waals surface area (Å²) in [6.45, 7) is 9.45. The molecule has 0 aliphatic heterocycles. The first kappa shape index (κ1) is 15.1. The lowest BCUT2D eigenvalue weighted by Gasteiger charge is -2.26. The number of carbonyl (C=O) groups is 2. The van der Waals surface area contributed by atoms with Gasteiger partial charge in [-0.05, 0) is 6.42 Å². The molecule has 0 saturated carbocycles. The van der Waals surface area contributed by atoms with Crippen molar-refractivity contribution in [1.29, 1.82) is 0 Å². The third-order valence-corrected chi connectivity index (χ3v) is 2.24. The topological polar surface area (TPSA) is 66.4 Å². The van der Waals surface area contributed by atoms with Crippen LogP contribution in [0.4, 0.5) is 0 Å². The molecule has 4 heteroatoms. The summed E-state index contributed by atoms with van der Waals surface area (Å²) in [4.78, 5) is 22.6. The van der Waals surface area contributed by atoms with E-state index in [-0.39, 0.29) is 24.3 Å². The number of rotatable bonds is 6. The van der Waals surface area contributed by atoms with E-state index in [1.165, 1.54) is 0 Å². The second-order valence-electron chi connectivity index (χ2n) is 5.42. The molecule has 0 radical (unpaired) electrons. The monoisotopic (exact) mass is 229 g/mol. The third-order valence-electron chi connectivity index (χ3n) is 2.24. The van der Waals surface area contributed by atoms with Gasteiger partial charge in [-0.15, -0.1) is 0 Å². The number of ketones is 1. The van der Waals surface area contributed by atoms with Gasteiger partial charge in [0.1, 0.15) is 0 Å². The first-order valence-electron chi connectivity index (χ1n) is 5.66. The maximum absolute atomic E-state index is 12.1. The highest BCUT2D eigenvalue weighted by Gasteiger charge is 2.29. The Balaban J connectivity index is 4.54. The minimum Gasteiger partial charge on any atom is -0.481 e. The zero-order valence-electron chi connectivity index (χ0n) is 10.8. The van der Waals surface area contributed by atoms with E-state index < -0.39 is 11.4 Å². The molecule has 0 spiro atoms. The first-order valence-corrected chi connectivity index (χ1v) is 5.66. The van der Waals surface area contributed by atoms with Crippen LogP contribution in [0.5, 0.6) is 0 Å². The van der Waals surface area contributed by atoms with Gasteiger partial charge in [0.05, 0.1) is 6.04 Å². The van der Waals surface area contributed by atoms with Gasteiger partial charge in [-0.1, -0.05) is 34.6 Å². The molecule has 0 heterocycles. The van der Waals surface area contributed by atoms with Crippen molar-refractivity contribution in [3.8, 4) is 0 Å². The second kappa shape index (κ2) is 5.99. The van der Waals surface area contributed by atoms with Crippen LogP contribution in [-0.2, 0) is 9.59 Å². The van der Waals surface area contributed by atoms with Crippen molar-refractivity contribution in [1.82, 2.24) is 5.32 Å². The molecule has 0 aromatic carbocycles. The number of hydrogen-bond donors (Lipinski definition) is 2. The highest BCUT2D eigenvalue weighted by Crippen LogP contribution is 2.19. The molecule has 4 nitrogen and oxygen atoms in total. The Labute approximate surface area is 97.4 Å². The largest absolute Gasteiger partial charge is 0.481 e. The van der Waals surface area contributed by atoms with E-state index in [9.17, 15) is 9.59 Å². The number of hydrogen-bond acceptors (Lipinski definition) is 3. The molecule has 0 bridgehead atoms. The standard InChI is InChI=1S/C12H23NO3/c1-8(2)13-9(6-7-10(14)15)11(16)12(3,4)5/h8-9,13H,6-7H2,1-5H3,(H,14,15)/t9-/m1/s1. The van der Waals surface area contributed by atoms with E-state index >= 15 is 0 Å². The van der Waals surface area contributed by atoms with Crippen molar-refractivity contribution in [3.05, 3.63) is 0 Å². The smallest absolute Gasteiger partial charge is 0.303 e. The SMILES string of the molecule is CC(C)N[C@H](CCC(=O)O)C(=O)C(C)(C)C. The zero-order valence-corrected chi connectivity index (χ0v) is 10.8. The zero-order chi connectivity index (χ0) is 12.9. The van der Waals surface area contributed by atoms with Gasteiger partial charge in [-0.3, -0.25) is 9.59 Å². The average molecular weight is 229 g/mol. The van der Waals surface area contributed by atoms with E-state index in [0.29, 0.717) is 6.42 Å². The Morgan fingerprint density at radius 1 is 1.25 bits per heavy atom. The first-order chi connectivity index (χ1) is 7.14. The van der Waals surface area contributed by atoms with E-state index in [1.807, 2.05) is 34.6 Å². The van der Waals surface area contributed by atoms with Crippen molar-refractivity contribution in [2.45, 2.75) is 59.5 Å². The van der Waals surface area contributed by atoms with Crippen molar-refractivity contribution >= 4 is 11.8 Å². The molecule has 0 fully saturated rings. The summed E-state index contributed by atoms with van der Waals surface area (Å²) < 4.78 is 0. The second-order valence-corrected chi connectivity index (χ2v) is 5.42. The summed E-state index contributed by atoms with van der Waals surface area (Å²) in [5, 5.41) is 11.8. The minimum absolute atomic E-state index is 0.0200. The number of Topliss-reactive ketones (excluding diaryl/α,β-unsaturated/α-hetero) is 1. The molecule has 94 valence electrons. The lowest BCUT2D eigenvalue weighted by molar-refractivity contribution is -0.137. The predicted octanol–water partition coefficient (Wildman–Crippen LogP) is 1.83. The van der Waals surface area contributed by atoms with E-state index in [1.54, 1.807) is 0 Å². The van der Waals surface area contributed by atoms with Gasteiger partial charge in [0.2, 0.25) is 0 Å². The Kier molecular flexibility index (Phi) is 5.65. The van der Waals surface area contributed by atoms with Gasteiger partial charge >= 0.3 is 5.97 Å². The average Bonchev–Trinajstić information content (AvgIpc) is 2.08. The van der Waals surface area contributed by atoms with E-state index in [4.69, 9.17) is 5.11 Å². The van der Waals surface area contributed by atoms with Crippen LogP contribution in [-0.4, -0.2) is 28.9 Å². The third kappa shape index (κ3) is 5.85. The highest BCUT2D eigenvalue weighted by molar-refractivity contribution is 5.89. The number of aliphatic carboxylic acids is 1. The summed E-state index contributed by atoms with van der Waals surface area (Å²) in [5.74, 6) is -0.792. The fourth-order valence-electron chi connectivity index (χ4n) is 1.48. The summed E-state index contributed by atoms with van der Waals surface area (Å²) in [7, 11) is 0. The molecule has 0 amide bonds. The number of nitrogens with one attached hydrogen (secondary N) is 1. The fraction of sp³-hybridized carbons (Fsp3) is 0.833. The van der Waals surface area contributed by atoms with Crippen LogP contribution in [0.15, 0.2) is 0 Å². The molecule has 0 saturated heterocycles.